The number of H-pyrrole nitrogens is 1. The van der Waals surface area contributed by atoms with E-state index in [1.54, 1.807) is 0 Å². The smallest absolute Gasteiger partial charge is 0.254 e. The third-order valence-electron chi connectivity index (χ3n) is 3.34. The topological polar surface area (TPSA) is 103 Å². The molecule has 0 spiro atoms. The highest BCUT2D eigenvalue weighted by molar-refractivity contribution is 5.88. The molecule has 0 saturated heterocycles. The highest BCUT2D eigenvalue weighted by Crippen LogP contribution is 2.36. The molecule has 1 N–H and O–H groups in total. The van der Waals surface area contributed by atoms with Gasteiger partial charge in [-0.15, -0.1) is 5.10 Å². The second-order valence-electron chi connectivity index (χ2n) is 4.50. The van der Waals surface area contributed by atoms with Crippen LogP contribution in [0.1, 0.15) is 0 Å². The molecule has 0 aliphatic carbocycles. The molecule has 0 fully saturated rings. The van der Waals surface area contributed by atoms with Crippen LogP contribution in [-0.4, -0.2) is 41.8 Å². The summed E-state index contributed by atoms with van der Waals surface area (Å²) in [6.45, 7) is 0.231. The predicted octanol–water partition coefficient (Wildman–Crippen LogP) is 0.791. The van der Waals surface area contributed by atoms with E-state index >= 15 is 0 Å². The lowest BCUT2D eigenvalue weighted by Crippen LogP contribution is -1.97. The van der Waals surface area contributed by atoms with Gasteiger partial charge in [0.15, 0.2) is 17.0 Å². The molecule has 0 radical (unpaired) electrons. The summed E-state index contributed by atoms with van der Waals surface area (Å²) < 4.78 is 12.3. The van der Waals surface area contributed by atoms with Crippen LogP contribution in [-0.2, 0) is 0 Å². The minimum Gasteiger partial charge on any atom is -0.454 e. The summed E-state index contributed by atoms with van der Waals surface area (Å²) in [6, 6.07) is 5.61. The molecule has 21 heavy (non-hydrogen) atoms. The maximum absolute atomic E-state index is 5.40. The first-order chi connectivity index (χ1) is 10.4. The average molecular weight is 281 g/mol. The molecule has 0 unspecified atom stereocenters. The van der Waals surface area contributed by atoms with E-state index in [1.165, 1.54) is 10.8 Å². The number of hydrogen-bond donors (Lipinski definition) is 1. The molecule has 1 aromatic carbocycles. The van der Waals surface area contributed by atoms with Crippen molar-refractivity contribution in [2.75, 3.05) is 6.79 Å². The van der Waals surface area contributed by atoms with E-state index in [9.17, 15) is 0 Å². The number of rotatable bonds is 1. The summed E-state index contributed by atoms with van der Waals surface area (Å²) in [4.78, 5) is 8.61. The minimum atomic E-state index is 0.231. The van der Waals surface area contributed by atoms with Crippen LogP contribution < -0.4 is 9.47 Å². The van der Waals surface area contributed by atoms with Crippen molar-refractivity contribution in [2.45, 2.75) is 0 Å². The standard InChI is InChI=1S/C12H7N7O2/c1-2-7-8(21-5-20-7)3-6(1)9-10-11(17-18-16-10)19-12(15-9)13-4-14-19/h1-4H,5H2,(H,16,17,18). The molecular formula is C12H7N7O2. The zero-order valence-electron chi connectivity index (χ0n) is 10.5. The lowest BCUT2D eigenvalue weighted by Gasteiger charge is -2.03. The lowest BCUT2D eigenvalue weighted by atomic mass is 10.1. The van der Waals surface area contributed by atoms with E-state index in [0.717, 1.165) is 11.3 Å². The van der Waals surface area contributed by atoms with Crippen molar-refractivity contribution >= 4 is 16.9 Å². The van der Waals surface area contributed by atoms with Crippen LogP contribution in [0.3, 0.4) is 0 Å². The molecule has 4 aromatic rings. The summed E-state index contributed by atoms with van der Waals surface area (Å²) in [6.07, 6.45) is 1.43. The van der Waals surface area contributed by atoms with Gasteiger partial charge >= 0.3 is 0 Å². The van der Waals surface area contributed by atoms with Crippen LogP contribution in [0.2, 0.25) is 0 Å². The van der Waals surface area contributed by atoms with Gasteiger partial charge in [-0.3, -0.25) is 0 Å². The van der Waals surface area contributed by atoms with Crippen LogP contribution in [0.15, 0.2) is 24.5 Å². The van der Waals surface area contributed by atoms with Crippen LogP contribution in [0.4, 0.5) is 0 Å². The highest BCUT2D eigenvalue weighted by Gasteiger charge is 2.19. The molecule has 0 bridgehead atoms. The number of nitrogens with one attached hydrogen (secondary N) is 1. The Morgan fingerprint density at radius 3 is 3.10 bits per heavy atom. The molecule has 3 aromatic heterocycles. The van der Waals surface area contributed by atoms with E-state index in [-0.39, 0.29) is 6.79 Å². The SMILES string of the molecule is c1nc2nc(-c3ccc4c(c3)OCO4)c3n[nH]nc3n2n1. The first-order valence-electron chi connectivity index (χ1n) is 6.20. The minimum absolute atomic E-state index is 0.231. The van der Waals surface area contributed by atoms with Gasteiger partial charge in [0.25, 0.3) is 5.78 Å². The van der Waals surface area contributed by atoms with Crippen LogP contribution >= 0.6 is 0 Å². The molecule has 1 aliphatic rings. The molecular weight excluding hydrogens is 274 g/mol. The first-order valence-corrected chi connectivity index (χ1v) is 6.20. The Kier molecular flexibility index (Phi) is 1.84. The van der Waals surface area contributed by atoms with Gasteiger partial charge in [0.05, 0.1) is 0 Å². The largest absolute Gasteiger partial charge is 0.454 e. The fourth-order valence-corrected chi connectivity index (χ4v) is 2.39. The summed E-state index contributed by atoms with van der Waals surface area (Å²) in [5, 5.41) is 15.0. The van der Waals surface area contributed by atoms with E-state index < -0.39 is 0 Å². The van der Waals surface area contributed by atoms with Crippen molar-refractivity contribution in [1.29, 1.82) is 0 Å². The van der Waals surface area contributed by atoms with Gasteiger partial charge in [0.2, 0.25) is 12.4 Å². The number of fused-ring (bicyclic) bond motifs is 4. The van der Waals surface area contributed by atoms with Gasteiger partial charge in [0.1, 0.15) is 12.0 Å². The number of ether oxygens (including phenoxy) is 2. The van der Waals surface area contributed by atoms with Gasteiger partial charge in [-0.05, 0) is 18.2 Å². The van der Waals surface area contributed by atoms with Crippen LogP contribution in [0, 0.1) is 0 Å². The summed E-state index contributed by atoms with van der Waals surface area (Å²) >= 11 is 0. The third-order valence-corrected chi connectivity index (χ3v) is 3.34. The predicted molar refractivity (Wildman–Crippen MR) is 69.8 cm³/mol. The molecule has 0 atom stereocenters. The Balaban J connectivity index is 1.84. The van der Waals surface area contributed by atoms with Crippen LogP contribution in [0.5, 0.6) is 11.5 Å². The Labute approximate surface area is 116 Å². The quantitative estimate of drug-likeness (QED) is 0.550. The van der Waals surface area contributed by atoms with Crippen molar-refractivity contribution in [2.24, 2.45) is 0 Å². The van der Waals surface area contributed by atoms with Crippen molar-refractivity contribution in [3.05, 3.63) is 24.5 Å². The summed E-state index contributed by atoms with van der Waals surface area (Å²) in [5.41, 5.74) is 2.71. The molecule has 102 valence electrons. The zero-order chi connectivity index (χ0) is 13.8. The highest BCUT2D eigenvalue weighted by atomic mass is 16.7. The molecule has 5 rings (SSSR count). The fraction of sp³-hybridized carbons (Fsp3) is 0.0833. The number of aromatic nitrogens is 7. The second-order valence-corrected chi connectivity index (χ2v) is 4.50. The molecule has 9 nitrogen and oxygen atoms in total. The Morgan fingerprint density at radius 1 is 1.14 bits per heavy atom. The van der Waals surface area contributed by atoms with Crippen LogP contribution in [0.25, 0.3) is 28.2 Å². The zero-order valence-corrected chi connectivity index (χ0v) is 10.5. The van der Waals surface area contributed by atoms with Gasteiger partial charge in [0, 0.05) is 5.56 Å². The Bertz CT molecular complexity index is 990. The van der Waals surface area contributed by atoms with Crippen molar-refractivity contribution in [3.63, 3.8) is 0 Å². The molecule has 4 heterocycles. The normalized spacial score (nSPS) is 13.3. The van der Waals surface area contributed by atoms with Crippen molar-refractivity contribution < 1.29 is 9.47 Å². The van der Waals surface area contributed by atoms with Gasteiger partial charge in [-0.1, -0.05) is 0 Å². The number of hydrogen-bond acceptors (Lipinski definition) is 7. The monoisotopic (exact) mass is 281 g/mol. The summed E-state index contributed by atoms with van der Waals surface area (Å²) in [7, 11) is 0. The Hall–Kier alpha value is -3.23. The fourth-order valence-electron chi connectivity index (χ4n) is 2.39. The first kappa shape index (κ1) is 10.5. The molecule has 0 saturated carbocycles. The maximum atomic E-state index is 5.40. The van der Waals surface area contributed by atoms with Crippen molar-refractivity contribution in [3.8, 4) is 22.8 Å². The second kappa shape index (κ2) is 3.66. The lowest BCUT2D eigenvalue weighted by molar-refractivity contribution is 0.174. The Morgan fingerprint density at radius 2 is 2.10 bits per heavy atom. The maximum Gasteiger partial charge on any atom is 0.254 e. The van der Waals surface area contributed by atoms with Crippen molar-refractivity contribution in [1.82, 2.24) is 35.0 Å². The van der Waals surface area contributed by atoms with Gasteiger partial charge in [-0.2, -0.15) is 24.9 Å². The molecule has 9 heteroatoms. The number of benzene rings is 1. The summed E-state index contributed by atoms with van der Waals surface area (Å²) in [5.74, 6) is 1.87. The number of nitrogens with zero attached hydrogens (tertiary/aromatic N) is 6. The molecule has 0 amide bonds. The van der Waals surface area contributed by atoms with E-state index in [0.29, 0.717) is 28.4 Å². The van der Waals surface area contributed by atoms with E-state index in [1.807, 2.05) is 18.2 Å². The van der Waals surface area contributed by atoms with E-state index in [2.05, 4.69) is 30.5 Å². The number of aromatic amines is 1. The van der Waals surface area contributed by atoms with Gasteiger partial charge < -0.3 is 9.47 Å². The third kappa shape index (κ3) is 1.37. The van der Waals surface area contributed by atoms with E-state index in [4.69, 9.17) is 9.47 Å². The van der Waals surface area contributed by atoms with Gasteiger partial charge in [-0.25, -0.2) is 4.98 Å². The molecule has 1 aliphatic heterocycles. The average Bonchev–Trinajstić information content (AvgIpc) is 3.23.